The molecule has 0 saturated carbocycles. The molecule has 9 nitrogen and oxygen atoms in total. The van der Waals surface area contributed by atoms with Crippen LogP contribution in [0.2, 0.25) is 0 Å². The number of anilines is 1. The van der Waals surface area contributed by atoms with Crippen LogP contribution in [0.3, 0.4) is 0 Å². The van der Waals surface area contributed by atoms with E-state index >= 15 is 0 Å². The van der Waals surface area contributed by atoms with Gasteiger partial charge in [0, 0.05) is 19.1 Å². The second-order valence-electron chi connectivity index (χ2n) is 5.89. The third-order valence-corrected chi connectivity index (χ3v) is 4.71. The Hall–Kier alpha value is -2.25. The van der Waals surface area contributed by atoms with Crippen LogP contribution in [0.4, 0.5) is 5.82 Å². The van der Waals surface area contributed by atoms with E-state index in [0.717, 1.165) is 30.6 Å². The Bertz CT molecular complexity index is 871. The number of aromatic nitrogens is 4. The number of sulfonamides is 1. The Labute approximate surface area is 140 Å². The minimum atomic E-state index is -3.23. The first kappa shape index (κ1) is 16.6. The van der Waals surface area contributed by atoms with Gasteiger partial charge in [0.1, 0.15) is 12.1 Å². The second-order valence-corrected chi connectivity index (χ2v) is 7.67. The van der Waals surface area contributed by atoms with Gasteiger partial charge in [0.25, 0.3) is 0 Å². The lowest BCUT2D eigenvalue weighted by atomic mass is 10.1. The number of nitrogens with zero attached hydrogens (tertiary/aromatic N) is 6. The molecule has 2 aromatic heterocycles. The lowest BCUT2D eigenvalue weighted by Crippen LogP contribution is -2.47. The van der Waals surface area contributed by atoms with Gasteiger partial charge in [-0.1, -0.05) is 0 Å². The minimum Gasteiger partial charge on any atom is -0.354 e. The molecule has 0 amide bonds. The van der Waals surface area contributed by atoms with E-state index in [4.69, 9.17) is 5.26 Å². The molecule has 1 N–H and O–H groups in total. The molecule has 3 heterocycles. The summed E-state index contributed by atoms with van der Waals surface area (Å²) in [4.78, 5) is 10.7. The number of nitrogens with one attached hydrogen (secondary N) is 1. The van der Waals surface area contributed by atoms with Crippen molar-refractivity contribution in [3.63, 3.8) is 0 Å². The highest BCUT2D eigenvalue weighted by Gasteiger charge is 2.25. The van der Waals surface area contributed by atoms with E-state index in [0.29, 0.717) is 25.2 Å². The molecule has 24 heavy (non-hydrogen) atoms. The number of aryl methyl sites for hydroxylation is 1. The van der Waals surface area contributed by atoms with Crippen molar-refractivity contribution in [2.75, 3.05) is 24.2 Å². The van der Waals surface area contributed by atoms with Crippen molar-refractivity contribution in [3.8, 4) is 6.07 Å². The molecule has 3 rings (SSSR count). The van der Waals surface area contributed by atoms with Crippen LogP contribution in [0, 0.1) is 11.3 Å². The zero-order chi connectivity index (χ0) is 17.2. The van der Waals surface area contributed by atoms with Crippen LogP contribution < -0.4 is 9.62 Å². The fraction of sp³-hybridized carbons (Fsp3) is 0.571. The van der Waals surface area contributed by atoms with Gasteiger partial charge in [-0.2, -0.15) is 10.4 Å². The average molecular weight is 349 g/mol. The fourth-order valence-corrected chi connectivity index (χ4v) is 3.82. The number of hydrogen-bond donors (Lipinski definition) is 1. The maximum atomic E-state index is 11.5. The summed E-state index contributed by atoms with van der Waals surface area (Å²) in [5, 5.41) is 13.8. The molecule has 0 aliphatic carbocycles. The molecule has 128 valence electrons. The summed E-state index contributed by atoms with van der Waals surface area (Å²) in [5.41, 5.74) is 0.688. The molecule has 2 aromatic rings. The summed E-state index contributed by atoms with van der Waals surface area (Å²) >= 11 is 0. The predicted molar refractivity (Wildman–Crippen MR) is 88.8 cm³/mol. The molecular formula is C14H19N7O2S. The van der Waals surface area contributed by atoms with Crippen LogP contribution in [0.1, 0.15) is 19.3 Å². The van der Waals surface area contributed by atoms with Gasteiger partial charge in [0.15, 0.2) is 5.65 Å². The Morgan fingerprint density at radius 2 is 2.29 bits per heavy atom. The van der Waals surface area contributed by atoms with E-state index in [2.05, 4.69) is 30.8 Å². The van der Waals surface area contributed by atoms with Crippen molar-refractivity contribution in [3.05, 3.63) is 12.5 Å². The molecule has 0 aromatic carbocycles. The Balaban J connectivity index is 1.86. The molecule has 1 saturated heterocycles. The maximum Gasteiger partial charge on any atom is 0.209 e. The highest BCUT2D eigenvalue weighted by molar-refractivity contribution is 7.88. The van der Waals surface area contributed by atoms with E-state index in [1.54, 1.807) is 10.9 Å². The van der Waals surface area contributed by atoms with Crippen LogP contribution in [0.25, 0.3) is 11.0 Å². The average Bonchev–Trinajstić information content (AvgIpc) is 2.94. The van der Waals surface area contributed by atoms with Crippen LogP contribution in [0.5, 0.6) is 0 Å². The first-order valence-electron chi connectivity index (χ1n) is 7.73. The molecule has 1 atom stereocenters. The molecule has 1 aliphatic heterocycles. The van der Waals surface area contributed by atoms with Gasteiger partial charge in [-0.15, -0.1) is 0 Å². The van der Waals surface area contributed by atoms with Crippen molar-refractivity contribution in [1.82, 2.24) is 24.5 Å². The Morgan fingerprint density at radius 1 is 1.46 bits per heavy atom. The van der Waals surface area contributed by atoms with Crippen molar-refractivity contribution >= 4 is 26.9 Å². The SMILES string of the molecule is CS(=O)(=O)NC1CCCN(c2ncnc3c2cnn3CCC#N)C1. The van der Waals surface area contributed by atoms with Gasteiger partial charge in [-0.3, -0.25) is 0 Å². The van der Waals surface area contributed by atoms with E-state index in [1.165, 1.54) is 12.6 Å². The van der Waals surface area contributed by atoms with Gasteiger partial charge < -0.3 is 4.90 Å². The summed E-state index contributed by atoms with van der Waals surface area (Å²) in [5.74, 6) is 0.753. The second kappa shape index (κ2) is 6.70. The topological polar surface area (TPSA) is 117 Å². The van der Waals surface area contributed by atoms with Gasteiger partial charge in [-0.25, -0.2) is 27.8 Å². The van der Waals surface area contributed by atoms with E-state index in [9.17, 15) is 8.42 Å². The van der Waals surface area contributed by atoms with Crippen LogP contribution >= 0.6 is 0 Å². The van der Waals surface area contributed by atoms with Gasteiger partial charge >= 0.3 is 0 Å². The Kier molecular flexibility index (Phi) is 4.64. The van der Waals surface area contributed by atoms with Crippen LogP contribution in [-0.2, 0) is 16.6 Å². The number of hydrogen-bond acceptors (Lipinski definition) is 7. The lowest BCUT2D eigenvalue weighted by molar-refractivity contribution is 0.466. The zero-order valence-electron chi connectivity index (χ0n) is 13.4. The van der Waals surface area contributed by atoms with Crippen molar-refractivity contribution in [2.24, 2.45) is 0 Å². The normalized spacial score (nSPS) is 18.7. The van der Waals surface area contributed by atoms with Crippen molar-refractivity contribution in [1.29, 1.82) is 5.26 Å². The number of piperidine rings is 1. The first-order valence-corrected chi connectivity index (χ1v) is 9.63. The van der Waals surface area contributed by atoms with E-state index in [1.807, 2.05) is 0 Å². The van der Waals surface area contributed by atoms with Gasteiger partial charge in [-0.05, 0) is 12.8 Å². The third-order valence-electron chi connectivity index (χ3n) is 3.95. The highest BCUT2D eigenvalue weighted by atomic mass is 32.2. The third kappa shape index (κ3) is 3.63. The largest absolute Gasteiger partial charge is 0.354 e. The summed E-state index contributed by atoms with van der Waals surface area (Å²) < 4.78 is 27.3. The highest BCUT2D eigenvalue weighted by Crippen LogP contribution is 2.25. The number of nitriles is 1. The Morgan fingerprint density at radius 3 is 3.04 bits per heavy atom. The molecule has 0 radical (unpaired) electrons. The molecule has 0 bridgehead atoms. The first-order chi connectivity index (χ1) is 11.5. The monoisotopic (exact) mass is 349 g/mol. The van der Waals surface area contributed by atoms with Gasteiger partial charge in [0.05, 0.1) is 36.9 Å². The lowest BCUT2D eigenvalue weighted by Gasteiger charge is -2.33. The van der Waals surface area contributed by atoms with E-state index in [-0.39, 0.29) is 6.04 Å². The fourth-order valence-electron chi connectivity index (χ4n) is 3.02. The summed E-state index contributed by atoms with van der Waals surface area (Å²) in [6.45, 7) is 1.84. The molecule has 0 spiro atoms. The molecule has 10 heteroatoms. The number of fused-ring (bicyclic) bond motifs is 1. The van der Waals surface area contributed by atoms with Crippen LogP contribution in [-0.4, -0.2) is 53.6 Å². The minimum absolute atomic E-state index is 0.132. The summed E-state index contributed by atoms with van der Waals surface area (Å²) in [7, 11) is -3.23. The number of rotatable bonds is 5. The standard InChI is InChI=1S/C14H19N7O2S/c1-24(22,23)19-11-4-2-6-20(9-11)13-12-8-18-21(7-3-5-15)14(12)17-10-16-13/h8,10-11,19H,2-4,6-7,9H2,1H3. The molecular weight excluding hydrogens is 330 g/mol. The maximum absolute atomic E-state index is 11.5. The molecule has 1 unspecified atom stereocenters. The van der Waals surface area contributed by atoms with Crippen LogP contribution in [0.15, 0.2) is 12.5 Å². The predicted octanol–water partition coefficient (Wildman–Crippen LogP) is 0.258. The van der Waals surface area contributed by atoms with Crippen molar-refractivity contribution in [2.45, 2.75) is 31.8 Å². The summed E-state index contributed by atoms with van der Waals surface area (Å²) in [6.07, 6.45) is 6.40. The van der Waals surface area contributed by atoms with Gasteiger partial charge in [0.2, 0.25) is 10.0 Å². The van der Waals surface area contributed by atoms with E-state index < -0.39 is 10.0 Å². The smallest absolute Gasteiger partial charge is 0.209 e. The zero-order valence-corrected chi connectivity index (χ0v) is 14.2. The quantitative estimate of drug-likeness (QED) is 0.822. The molecule has 1 aliphatic rings. The van der Waals surface area contributed by atoms with Crippen molar-refractivity contribution < 1.29 is 8.42 Å². The summed E-state index contributed by atoms with van der Waals surface area (Å²) in [6, 6.07) is 1.96. The molecule has 1 fully saturated rings.